The minimum Gasteiger partial charge on any atom is -0.383 e. The number of nitrogens with two attached hydrogens (primary N) is 1. The molecule has 1 amide bonds. The largest absolute Gasteiger partial charge is 0.469 e. The van der Waals surface area contributed by atoms with Crippen molar-refractivity contribution in [3.8, 4) is 0 Å². The van der Waals surface area contributed by atoms with E-state index in [9.17, 15) is 14.5 Å². The highest BCUT2D eigenvalue weighted by Gasteiger charge is 2.17. The van der Waals surface area contributed by atoms with E-state index in [0.717, 1.165) is 5.56 Å². The highest BCUT2D eigenvalue weighted by Crippen LogP contribution is 2.36. The number of thiol groups is 1. The van der Waals surface area contributed by atoms with Crippen LogP contribution in [0.4, 0.5) is 5.82 Å². The molecule has 0 saturated heterocycles. The Bertz CT molecular complexity index is 1110. The fraction of sp³-hybridized carbons (Fsp3) is 0.238. The maximum atomic E-state index is 11.9. The number of benzene rings is 1. The van der Waals surface area contributed by atoms with Crippen LogP contribution in [-0.2, 0) is 20.4 Å². The van der Waals surface area contributed by atoms with E-state index in [1.54, 1.807) is 44.2 Å². The van der Waals surface area contributed by atoms with Gasteiger partial charge in [0.15, 0.2) is 0 Å². The van der Waals surface area contributed by atoms with Crippen molar-refractivity contribution >= 4 is 42.5 Å². The molecule has 0 fully saturated rings. The second-order valence-corrected chi connectivity index (χ2v) is 9.35. The zero-order chi connectivity index (χ0) is 24.6. The van der Waals surface area contributed by atoms with Crippen LogP contribution in [0, 0.1) is 6.92 Å². The van der Waals surface area contributed by atoms with E-state index in [1.165, 1.54) is 11.1 Å². The normalized spacial score (nSPS) is 13.1. The molecule has 0 aliphatic rings. The van der Waals surface area contributed by atoms with Gasteiger partial charge in [0.1, 0.15) is 16.7 Å². The molecule has 12 heteroatoms. The Morgan fingerprint density at radius 3 is 2.55 bits per heavy atom. The van der Waals surface area contributed by atoms with Crippen LogP contribution >= 0.6 is 19.2 Å². The number of phosphoric acid groups is 1. The number of phosphoric ester groups is 1. The summed E-state index contributed by atoms with van der Waals surface area (Å²) in [6.07, 6.45) is 3.86. The maximum absolute atomic E-state index is 11.9. The molecule has 0 spiro atoms. The number of hydrogen-bond donors (Lipinski definition) is 5. The van der Waals surface area contributed by atoms with Gasteiger partial charge < -0.3 is 25.5 Å². The predicted octanol–water partition coefficient (Wildman–Crippen LogP) is 2.90. The third-order valence-electron chi connectivity index (χ3n) is 4.58. The van der Waals surface area contributed by atoms with Gasteiger partial charge in [0, 0.05) is 34.3 Å². The van der Waals surface area contributed by atoms with Crippen LogP contribution in [0.25, 0.3) is 6.08 Å². The van der Waals surface area contributed by atoms with Crippen molar-refractivity contribution < 1.29 is 28.8 Å². The molecule has 0 atom stereocenters. The number of aliphatic hydroxyl groups excluding tert-OH is 1. The molecule has 178 valence electrons. The molecule has 2 rings (SSSR count). The number of amides is 1. The topological polar surface area (TPSA) is 159 Å². The number of carbonyl (C=O) groups excluding carboxylic acids is 1. The van der Waals surface area contributed by atoms with E-state index in [2.05, 4.69) is 21.1 Å². The lowest BCUT2D eigenvalue weighted by molar-refractivity contribution is -0.116. The summed E-state index contributed by atoms with van der Waals surface area (Å²) in [5.74, 6) is 0.736. The zero-order valence-corrected chi connectivity index (χ0v) is 20.0. The molecule has 1 heterocycles. The predicted molar refractivity (Wildman–Crippen MR) is 130 cm³/mol. The Labute approximate surface area is 195 Å². The lowest BCUT2D eigenvalue weighted by atomic mass is 10.1. The molecule has 10 nitrogen and oxygen atoms in total. The molecule has 0 aliphatic carbocycles. The Balaban J connectivity index is 2.41. The fourth-order valence-corrected chi connectivity index (χ4v) is 4.11. The van der Waals surface area contributed by atoms with Gasteiger partial charge in [-0.15, -0.1) is 11.4 Å². The molecule has 2 aromatic rings. The number of nitrogen functional groups attached to an aromatic ring is 1. The van der Waals surface area contributed by atoms with Crippen molar-refractivity contribution in [1.82, 2.24) is 14.9 Å². The standard InChI is InChI=1S/C21H27N4O6PS/c1-4-16-5-7-17(8-6-16)21(27)33-19(9-10-31-32(28,29)30)14(2)25(13-26)12-18-11-23-15(3)24-20(18)22/h4-8,11,13,27,33H,1,9-10,12H2,2-3H3,(H2,22,23,24)(H2,28,29,30)/b19-14-. The average molecular weight is 495 g/mol. The Kier molecular flexibility index (Phi) is 9.66. The Morgan fingerprint density at radius 2 is 2.00 bits per heavy atom. The van der Waals surface area contributed by atoms with Gasteiger partial charge in [0.05, 0.1) is 13.2 Å². The molecular formula is C21H27N4O6PS. The molecule has 5 N–H and O–H groups in total. The quantitative estimate of drug-likeness (QED) is 0.137. The minimum atomic E-state index is -4.67. The lowest BCUT2D eigenvalue weighted by Crippen LogP contribution is -2.22. The number of aromatic nitrogens is 2. The van der Waals surface area contributed by atoms with Gasteiger partial charge in [0.25, 0.3) is 0 Å². The Hall–Kier alpha value is -2.66. The summed E-state index contributed by atoms with van der Waals surface area (Å²) in [5.41, 5.74) is 8.38. The van der Waals surface area contributed by atoms with Crippen molar-refractivity contribution in [3.63, 3.8) is 0 Å². The first-order chi connectivity index (χ1) is 15.5. The minimum absolute atomic E-state index is 0.000161. The summed E-state index contributed by atoms with van der Waals surface area (Å²) in [6.45, 7) is 6.82. The van der Waals surface area contributed by atoms with E-state index >= 15 is 0 Å². The van der Waals surface area contributed by atoms with E-state index in [4.69, 9.17) is 15.5 Å². The fourth-order valence-electron chi connectivity index (χ4n) is 2.76. The number of aliphatic hydroxyl groups is 1. The van der Waals surface area contributed by atoms with E-state index in [0.29, 0.717) is 45.3 Å². The van der Waals surface area contributed by atoms with Crippen LogP contribution in [-0.4, -0.2) is 47.8 Å². The van der Waals surface area contributed by atoms with Crippen molar-refractivity contribution in [1.29, 1.82) is 0 Å². The first kappa shape index (κ1) is 26.6. The second kappa shape index (κ2) is 12.0. The number of carbonyl (C=O) groups is 1. The number of aryl methyl sites for hydroxylation is 1. The van der Waals surface area contributed by atoms with E-state index < -0.39 is 7.82 Å². The molecule has 1 aromatic carbocycles. The average Bonchev–Trinajstić information content (AvgIpc) is 2.76. The van der Waals surface area contributed by atoms with Crippen LogP contribution in [0.2, 0.25) is 0 Å². The van der Waals surface area contributed by atoms with Crippen LogP contribution in [0.5, 0.6) is 0 Å². The van der Waals surface area contributed by atoms with Crippen molar-refractivity contribution in [3.05, 3.63) is 70.2 Å². The number of allylic oxidation sites excluding steroid dienone is 1. The maximum Gasteiger partial charge on any atom is 0.469 e. The van der Waals surface area contributed by atoms with Crippen LogP contribution in [0.15, 0.2) is 47.6 Å². The summed E-state index contributed by atoms with van der Waals surface area (Å²) in [6, 6.07) is 7.03. The molecule has 0 bridgehead atoms. The third kappa shape index (κ3) is 8.32. The van der Waals surface area contributed by atoms with E-state index in [1.807, 2.05) is 0 Å². The summed E-state index contributed by atoms with van der Waals surface area (Å²) >= 11 is 0.344. The van der Waals surface area contributed by atoms with Gasteiger partial charge in [-0.3, -0.25) is 9.32 Å². The lowest BCUT2D eigenvalue weighted by Gasteiger charge is -2.22. The van der Waals surface area contributed by atoms with Crippen LogP contribution in [0.3, 0.4) is 0 Å². The molecule has 0 aliphatic heterocycles. The van der Waals surface area contributed by atoms with Gasteiger partial charge in [0.2, 0.25) is 6.41 Å². The van der Waals surface area contributed by atoms with Crippen LogP contribution in [0.1, 0.15) is 35.9 Å². The van der Waals surface area contributed by atoms with Gasteiger partial charge in [-0.2, -0.15) is 0 Å². The second-order valence-electron chi connectivity index (χ2n) is 6.93. The number of rotatable bonds is 11. The summed E-state index contributed by atoms with van der Waals surface area (Å²) in [7, 11) is -4.67. The van der Waals surface area contributed by atoms with Crippen molar-refractivity contribution in [2.45, 2.75) is 26.8 Å². The number of nitrogens with zero attached hydrogens (tertiary/aromatic N) is 3. The number of anilines is 1. The molecular weight excluding hydrogens is 467 g/mol. The zero-order valence-electron chi connectivity index (χ0n) is 18.2. The smallest absolute Gasteiger partial charge is 0.383 e. The van der Waals surface area contributed by atoms with E-state index in [-0.39, 0.29) is 30.4 Å². The molecule has 0 radical (unpaired) electrons. The van der Waals surface area contributed by atoms with Crippen LogP contribution < -0.4 is 5.73 Å². The third-order valence-corrected chi connectivity index (χ3v) is 6.38. The molecule has 0 saturated carbocycles. The molecule has 0 unspecified atom stereocenters. The number of hydrogen-bond acceptors (Lipinski definition) is 6. The van der Waals surface area contributed by atoms with Gasteiger partial charge in [-0.25, -0.2) is 14.5 Å². The van der Waals surface area contributed by atoms with Crippen molar-refractivity contribution in [2.24, 2.45) is 0 Å². The molecule has 33 heavy (non-hydrogen) atoms. The molecule has 1 aromatic heterocycles. The highest BCUT2D eigenvalue weighted by atomic mass is 32.1. The monoisotopic (exact) mass is 494 g/mol. The summed E-state index contributed by atoms with van der Waals surface area (Å²) in [5, 5.41) is 10.7. The first-order valence-electron chi connectivity index (χ1n) is 9.74. The SMILES string of the molecule is C=Cc1ccc(/C(O)=[SH]/C(CCOP(=O)(O)O)=C(/C)N(C=O)Cc2cnc(C)nc2N)cc1. The summed E-state index contributed by atoms with van der Waals surface area (Å²) < 4.78 is 15.7. The summed E-state index contributed by atoms with van der Waals surface area (Å²) in [4.78, 5) is 39.9. The van der Waals surface area contributed by atoms with Crippen molar-refractivity contribution in [2.75, 3.05) is 12.3 Å². The first-order valence-corrected chi connectivity index (χ1v) is 12.2. The van der Waals surface area contributed by atoms with Gasteiger partial charge in [-0.1, -0.05) is 36.9 Å². The van der Waals surface area contributed by atoms with Gasteiger partial charge >= 0.3 is 7.82 Å². The van der Waals surface area contributed by atoms with Gasteiger partial charge in [-0.05, 0) is 19.4 Å². The Morgan fingerprint density at radius 1 is 1.33 bits per heavy atom. The highest BCUT2D eigenvalue weighted by molar-refractivity contribution is 8.02.